The Labute approximate surface area is 169 Å². The summed E-state index contributed by atoms with van der Waals surface area (Å²) in [6.45, 7) is 0.822. The first-order chi connectivity index (χ1) is 14.0. The minimum Gasteiger partial charge on any atom is -0.352 e. The molecule has 0 spiro atoms. The van der Waals surface area contributed by atoms with Crippen LogP contribution in [0.4, 0.5) is 0 Å². The van der Waals surface area contributed by atoms with Gasteiger partial charge in [-0.15, -0.1) is 10.2 Å². The third kappa shape index (κ3) is 5.69. The highest BCUT2D eigenvalue weighted by atomic mass is 32.2. The quantitative estimate of drug-likeness (QED) is 0.545. The van der Waals surface area contributed by atoms with Crippen LogP contribution in [0.2, 0.25) is 0 Å². The number of hydrogen-bond acceptors (Lipinski definition) is 6. The Kier molecular flexibility index (Phi) is 6.68. The van der Waals surface area contributed by atoms with Crippen molar-refractivity contribution in [1.82, 2.24) is 30.2 Å². The van der Waals surface area contributed by atoms with Crippen LogP contribution in [0.1, 0.15) is 18.4 Å². The van der Waals surface area contributed by atoms with E-state index in [0.29, 0.717) is 31.8 Å². The zero-order valence-corrected chi connectivity index (χ0v) is 16.8. The number of aromatic nitrogens is 4. The van der Waals surface area contributed by atoms with E-state index in [4.69, 9.17) is 0 Å². The maximum absolute atomic E-state index is 12.0. The Balaban J connectivity index is 1.42. The van der Waals surface area contributed by atoms with Crippen molar-refractivity contribution in [3.63, 3.8) is 0 Å². The van der Waals surface area contributed by atoms with Crippen molar-refractivity contribution in [2.75, 3.05) is 7.05 Å². The number of carbonyl (C=O) groups is 1. The molecule has 0 bridgehead atoms. The molecule has 0 aliphatic rings. The molecule has 1 aromatic heterocycles. The lowest BCUT2D eigenvalue weighted by molar-refractivity contribution is -0.121. The van der Waals surface area contributed by atoms with E-state index in [9.17, 15) is 13.2 Å². The molecule has 1 heterocycles. The van der Waals surface area contributed by atoms with Crippen LogP contribution >= 0.6 is 0 Å². The van der Waals surface area contributed by atoms with Crippen LogP contribution < -0.4 is 10.0 Å². The molecule has 3 rings (SSSR count). The van der Waals surface area contributed by atoms with Gasteiger partial charge in [0.2, 0.25) is 21.8 Å². The predicted octanol–water partition coefficient (Wildman–Crippen LogP) is 1.34. The van der Waals surface area contributed by atoms with Crippen LogP contribution in [0.5, 0.6) is 0 Å². The summed E-state index contributed by atoms with van der Waals surface area (Å²) >= 11 is 0. The van der Waals surface area contributed by atoms with Gasteiger partial charge in [-0.2, -0.15) is 4.80 Å². The Bertz CT molecular complexity index is 1050. The molecule has 0 aliphatic carbocycles. The Morgan fingerprint density at radius 3 is 2.48 bits per heavy atom. The van der Waals surface area contributed by atoms with E-state index in [0.717, 1.165) is 11.1 Å². The average Bonchev–Trinajstić information content (AvgIpc) is 3.22. The summed E-state index contributed by atoms with van der Waals surface area (Å²) in [5.41, 5.74) is 1.71. The number of sulfonamides is 1. The number of nitrogens with one attached hydrogen (secondary N) is 2. The van der Waals surface area contributed by atoms with E-state index in [1.54, 1.807) is 12.1 Å². The van der Waals surface area contributed by atoms with E-state index < -0.39 is 10.0 Å². The largest absolute Gasteiger partial charge is 0.352 e. The van der Waals surface area contributed by atoms with Gasteiger partial charge in [-0.05, 0) is 36.4 Å². The molecule has 0 radical (unpaired) electrons. The predicted molar refractivity (Wildman–Crippen MR) is 107 cm³/mol. The number of rotatable bonds is 9. The fourth-order valence-electron chi connectivity index (χ4n) is 2.62. The minimum atomic E-state index is -3.46. The zero-order valence-electron chi connectivity index (χ0n) is 15.9. The number of tetrazole rings is 1. The standard InChI is InChI=1S/C19H22N6O3S/c1-20-29(27,28)17-11-9-15(10-12-17)14-21-18(26)8-5-13-25-23-19(22-24-25)16-6-3-2-4-7-16/h2-4,6-7,9-12,20H,5,8,13-14H2,1H3,(H,21,26). The molecule has 3 aromatic rings. The lowest BCUT2D eigenvalue weighted by Crippen LogP contribution is -2.23. The van der Waals surface area contributed by atoms with Crippen molar-refractivity contribution in [2.24, 2.45) is 0 Å². The van der Waals surface area contributed by atoms with Crippen molar-refractivity contribution in [1.29, 1.82) is 0 Å². The van der Waals surface area contributed by atoms with Gasteiger partial charge in [0, 0.05) is 18.5 Å². The maximum atomic E-state index is 12.0. The molecule has 1 amide bonds. The second kappa shape index (κ2) is 9.39. The SMILES string of the molecule is CNS(=O)(=O)c1ccc(CNC(=O)CCCn2nnc(-c3ccccc3)n2)cc1. The summed E-state index contributed by atoms with van der Waals surface area (Å²) < 4.78 is 25.7. The topological polar surface area (TPSA) is 119 Å². The first-order valence-electron chi connectivity index (χ1n) is 9.10. The Morgan fingerprint density at radius 1 is 1.07 bits per heavy atom. The van der Waals surface area contributed by atoms with Crippen LogP contribution in [0, 0.1) is 0 Å². The number of nitrogens with zero attached hydrogens (tertiary/aromatic N) is 4. The maximum Gasteiger partial charge on any atom is 0.240 e. The summed E-state index contributed by atoms with van der Waals surface area (Å²) in [5.74, 6) is 0.458. The van der Waals surface area contributed by atoms with Gasteiger partial charge in [0.1, 0.15) is 0 Å². The Morgan fingerprint density at radius 2 is 1.79 bits per heavy atom. The summed E-state index contributed by atoms with van der Waals surface area (Å²) in [7, 11) is -2.10. The minimum absolute atomic E-state index is 0.0969. The van der Waals surface area contributed by atoms with E-state index in [-0.39, 0.29) is 10.8 Å². The highest BCUT2D eigenvalue weighted by Gasteiger charge is 2.11. The van der Waals surface area contributed by atoms with Crippen molar-refractivity contribution in [3.8, 4) is 11.4 Å². The molecular formula is C19H22N6O3S. The van der Waals surface area contributed by atoms with E-state index in [1.807, 2.05) is 30.3 Å². The van der Waals surface area contributed by atoms with Crippen LogP contribution in [0.3, 0.4) is 0 Å². The molecule has 0 saturated carbocycles. The van der Waals surface area contributed by atoms with Gasteiger partial charge >= 0.3 is 0 Å². The van der Waals surface area contributed by atoms with Gasteiger partial charge in [-0.3, -0.25) is 4.79 Å². The molecule has 0 saturated heterocycles. The lowest BCUT2D eigenvalue weighted by atomic mass is 10.2. The van der Waals surface area contributed by atoms with E-state index in [2.05, 4.69) is 25.4 Å². The first-order valence-corrected chi connectivity index (χ1v) is 10.6. The average molecular weight is 414 g/mol. The molecule has 10 heteroatoms. The second-order valence-electron chi connectivity index (χ2n) is 6.31. The van der Waals surface area contributed by atoms with Crippen molar-refractivity contribution in [2.45, 2.75) is 30.8 Å². The zero-order chi connectivity index (χ0) is 20.7. The summed E-state index contributed by atoms with van der Waals surface area (Å²) in [6.07, 6.45) is 0.907. The first kappa shape index (κ1) is 20.6. The number of amides is 1. The fraction of sp³-hybridized carbons (Fsp3) is 0.263. The molecule has 0 atom stereocenters. The summed E-state index contributed by atoms with van der Waals surface area (Å²) in [6, 6.07) is 15.9. The molecule has 2 aromatic carbocycles. The molecule has 2 N–H and O–H groups in total. The van der Waals surface area contributed by atoms with Crippen LogP contribution in [0.15, 0.2) is 59.5 Å². The summed E-state index contributed by atoms with van der Waals surface area (Å²) in [4.78, 5) is 13.7. The molecule has 0 aliphatic heterocycles. The number of benzene rings is 2. The second-order valence-corrected chi connectivity index (χ2v) is 8.19. The smallest absolute Gasteiger partial charge is 0.240 e. The molecule has 9 nitrogen and oxygen atoms in total. The highest BCUT2D eigenvalue weighted by molar-refractivity contribution is 7.89. The van der Waals surface area contributed by atoms with Gasteiger partial charge < -0.3 is 5.32 Å². The van der Waals surface area contributed by atoms with Crippen LogP contribution in [-0.2, 0) is 27.9 Å². The molecule has 152 valence electrons. The number of carbonyl (C=O) groups excluding carboxylic acids is 1. The number of aryl methyl sites for hydroxylation is 1. The lowest BCUT2D eigenvalue weighted by Gasteiger charge is -2.07. The van der Waals surface area contributed by atoms with Gasteiger partial charge in [-0.1, -0.05) is 42.5 Å². The van der Waals surface area contributed by atoms with Gasteiger partial charge in [-0.25, -0.2) is 13.1 Å². The third-order valence-corrected chi connectivity index (χ3v) is 5.67. The summed E-state index contributed by atoms with van der Waals surface area (Å²) in [5, 5.41) is 15.2. The highest BCUT2D eigenvalue weighted by Crippen LogP contribution is 2.12. The molecule has 0 unspecified atom stereocenters. The third-order valence-electron chi connectivity index (χ3n) is 4.24. The normalized spacial score (nSPS) is 11.3. The van der Waals surface area contributed by atoms with Crippen LogP contribution in [0.25, 0.3) is 11.4 Å². The van der Waals surface area contributed by atoms with Gasteiger partial charge in [0.25, 0.3) is 0 Å². The van der Waals surface area contributed by atoms with Gasteiger partial charge in [0.05, 0.1) is 11.4 Å². The van der Waals surface area contributed by atoms with Crippen LogP contribution in [-0.4, -0.2) is 41.6 Å². The number of hydrogen-bond donors (Lipinski definition) is 2. The monoisotopic (exact) mass is 414 g/mol. The van der Waals surface area contributed by atoms with Crippen molar-refractivity contribution >= 4 is 15.9 Å². The molecule has 29 heavy (non-hydrogen) atoms. The van der Waals surface area contributed by atoms with Gasteiger partial charge in [0.15, 0.2) is 0 Å². The van der Waals surface area contributed by atoms with Crippen molar-refractivity contribution < 1.29 is 13.2 Å². The van der Waals surface area contributed by atoms with E-state index >= 15 is 0 Å². The fourth-order valence-corrected chi connectivity index (χ4v) is 3.35. The molecular weight excluding hydrogens is 392 g/mol. The molecule has 0 fully saturated rings. The van der Waals surface area contributed by atoms with E-state index in [1.165, 1.54) is 24.0 Å². The van der Waals surface area contributed by atoms with Crippen molar-refractivity contribution in [3.05, 3.63) is 60.2 Å². The Hall–Kier alpha value is -3.11.